The summed E-state index contributed by atoms with van der Waals surface area (Å²) < 4.78 is 11.2. The van der Waals surface area contributed by atoms with E-state index in [1.807, 2.05) is 60.7 Å². The van der Waals surface area contributed by atoms with Gasteiger partial charge in [-0.05, 0) is 60.7 Å². The zero-order valence-electron chi connectivity index (χ0n) is 19.1. The number of morpholine rings is 1. The summed E-state index contributed by atoms with van der Waals surface area (Å²) in [5.74, 6) is 1.88. The minimum Gasteiger partial charge on any atom is -0.457 e. The Labute approximate surface area is 203 Å². The van der Waals surface area contributed by atoms with Gasteiger partial charge in [-0.15, -0.1) is 5.10 Å². The standard InChI is InChI=1S/C27H25N5O3/c33-27(20-6-12-25(13-7-20)35-24-4-2-1-3-5-24)30-22-10-8-21(9-11-22)29-26-18-23(19-28-31-26)32-14-16-34-17-15-32/h1-13,18-19H,14-17H2,(H,29,31)(H,30,33). The van der Waals surface area contributed by atoms with Gasteiger partial charge in [0.25, 0.3) is 5.91 Å². The van der Waals surface area contributed by atoms with Crippen molar-refractivity contribution in [2.75, 3.05) is 41.8 Å². The first-order valence-corrected chi connectivity index (χ1v) is 11.4. The predicted molar refractivity (Wildman–Crippen MR) is 136 cm³/mol. The number of anilines is 4. The molecular weight excluding hydrogens is 442 g/mol. The smallest absolute Gasteiger partial charge is 0.255 e. The van der Waals surface area contributed by atoms with E-state index in [-0.39, 0.29) is 5.91 Å². The van der Waals surface area contributed by atoms with Crippen molar-refractivity contribution in [2.45, 2.75) is 0 Å². The van der Waals surface area contributed by atoms with E-state index >= 15 is 0 Å². The van der Waals surface area contributed by atoms with Crippen LogP contribution in [0.2, 0.25) is 0 Å². The average Bonchev–Trinajstić information content (AvgIpc) is 2.91. The molecule has 1 aliphatic heterocycles. The molecule has 0 atom stereocenters. The maximum atomic E-state index is 12.6. The molecule has 8 heteroatoms. The minimum absolute atomic E-state index is 0.193. The van der Waals surface area contributed by atoms with E-state index in [1.165, 1.54) is 0 Å². The van der Waals surface area contributed by atoms with Crippen LogP contribution in [0.25, 0.3) is 0 Å². The SMILES string of the molecule is O=C(Nc1ccc(Nc2cc(N3CCOCC3)cnn2)cc1)c1ccc(Oc2ccccc2)cc1. The van der Waals surface area contributed by atoms with E-state index in [4.69, 9.17) is 9.47 Å². The van der Waals surface area contributed by atoms with E-state index in [1.54, 1.807) is 30.5 Å². The summed E-state index contributed by atoms with van der Waals surface area (Å²) in [6.07, 6.45) is 1.76. The van der Waals surface area contributed by atoms with Crippen LogP contribution in [0.4, 0.5) is 22.9 Å². The molecule has 0 radical (unpaired) electrons. The molecule has 0 bridgehead atoms. The van der Waals surface area contributed by atoms with Crippen LogP contribution in [0, 0.1) is 0 Å². The summed E-state index contributed by atoms with van der Waals surface area (Å²) in [6, 6.07) is 26.0. The molecule has 3 aromatic carbocycles. The van der Waals surface area contributed by atoms with Crippen LogP contribution in [-0.4, -0.2) is 42.4 Å². The van der Waals surface area contributed by atoms with Gasteiger partial charge in [0.1, 0.15) is 11.5 Å². The first-order chi connectivity index (χ1) is 17.2. The number of aromatic nitrogens is 2. The van der Waals surface area contributed by atoms with Gasteiger partial charge in [-0.2, -0.15) is 5.10 Å². The molecule has 35 heavy (non-hydrogen) atoms. The number of benzene rings is 3. The Bertz CT molecular complexity index is 1260. The van der Waals surface area contributed by atoms with E-state index in [0.717, 1.165) is 30.2 Å². The molecule has 0 saturated carbocycles. The second kappa shape index (κ2) is 10.7. The Morgan fingerprint density at radius 1 is 0.857 bits per heavy atom. The molecule has 8 nitrogen and oxygen atoms in total. The number of hydrogen-bond acceptors (Lipinski definition) is 7. The summed E-state index contributed by atoms with van der Waals surface area (Å²) in [5.41, 5.74) is 3.09. The fourth-order valence-electron chi connectivity index (χ4n) is 3.70. The highest BCUT2D eigenvalue weighted by Crippen LogP contribution is 2.23. The monoisotopic (exact) mass is 467 g/mol. The van der Waals surface area contributed by atoms with Gasteiger partial charge in [0, 0.05) is 36.1 Å². The molecule has 5 rings (SSSR count). The first-order valence-electron chi connectivity index (χ1n) is 11.4. The maximum Gasteiger partial charge on any atom is 0.255 e. The van der Waals surface area contributed by atoms with Gasteiger partial charge >= 0.3 is 0 Å². The topological polar surface area (TPSA) is 88.6 Å². The third-order valence-electron chi connectivity index (χ3n) is 5.53. The summed E-state index contributed by atoms with van der Waals surface area (Å²) >= 11 is 0. The van der Waals surface area contributed by atoms with Gasteiger partial charge < -0.3 is 25.0 Å². The second-order valence-corrected chi connectivity index (χ2v) is 7.99. The Morgan fingerprint density at radius 3 is 2.29 bits per heavy atom. The van der Waals surface area contributed by atoms with Crippen molar-refractivity contribution in [1.29, 1.82) is 0 Å². The van der Waals surface area contributed by atoms with Gasteiger partial charge in [-0.1, -0.05) is 18.2 Å². The van der Waals surface area contributed by atoms with Crippen LogP contribution in [0.5, 0.6) is 11.5 Å². The molecule has 1 fully saturated rings. The van der Waals surface area contributed by atoms with Crippen LogP contribution in [-0.2, 0) is 4.74 Å². The lowest BCUT2D eigenvalue weighted by molar-refractivity contribution is 0.102. The predicted octanol–water partition coefficient (Wildman–Crippen LogP) is 5.10. The van der Waals surface area contributed by atoms with Crippen molar-refractivity contribution < 1.29 is 14.3 Å². The number of carbonyl (C=O) groups excluding carboxylic acids is 1. The van der Waals surface area contributed by atoms with Gasteiger partial charge in [-0.25, -0.2) is 0 Å². The number of nitrogens with one attached hydrogen (secondary N) is 2. The fraction of sp³-hybridized carbons (Fsp3) is 0.148. The van der Waals surface area contributed by atoms with E-state index in [2.05, 4.69) is 25.7 Å². The zero-order chi connectivity index (χ0) is 23.9. The average molecular weight is 468 g/mol. The number of amides is 1. The van der Waals surface area contributed by atoms with Crippen LogP contribution >= 0.6 is 0 Å². The minimum atomic E-state index is -0.193. The molecule has 176 valence electrons. The highest BCUT2D eigenvalue weighted by molar-refractivity contribution is 6.04. The van der Waals surface area contributed by atoms with Crippen LogP contribution in [0.1, 0.15) is 10.4 Å². The molecule has 1 saturated heterocycles. The van der Waals surface area contributed by atoms with E-state index in [0.29, 0.717) is 36.0 Å². The van der Waals surface area contributed by atoms with Crippen molar-refractivity contribution in [3.05, 3.63) is 96.7 Å². The Kier molecular flexibility index (Phi) is 6.82. The fourth-order valence-corrected chi connectivity index (χ4v) is 3.70. The van der Waals surface area contributed by atoms with Crippen LogP contribution in [0.3, 0.4) is 0 Å². The maximum absolute atomic E-state index is 12.6. The highest BCUT2D eigenvalue weighted by atomic mass is 16.5. The van der Waals surface area contributed by atoms with Crippen molar-refractivity contribution in [3.63, 3.8) is 0 Å². The zero-order valence-corrected chi connectivity index (χ0v) is 19.1. The Hall–Kier alpha value is -4.43. The van der Waals surface area contributed by atoms with Crippen molar-refractivity contribution in [2.24, 2.45) is 0 Å². The third kappa shape index (κ3) is 5.93. The molecule has 2 N–H and O–H groups in total. The second-order valence-electron chi connectivity index (χ2n) is 7.99. The molecular formula is C27H25N5O3. The van der Waals surface area contributed by atoms with E-state index in [9.17, 15) is 4.79 Å². The normalized spacial score (nSPS) is 13.2. The molecule has 1 aliphatic rings. The first kappa shape index (κ1) is 22.4. The largest absolute Gasteiger partial charge is 0.457 e. The van der Waals surface area contributed by atoms with Gasteiger partial charge in [-0.3, -0.25) is 4.79 Å². The number of para-hydroxylation sites is 1. The van der Waals surface area contributed by atoms with Gasteiger partial charge in [0.2, 0.25) is 0 Å². The Morgan fingerprint density at radius 2 is 1.54 bits per heavy atom. The number of rotatable bonds is 7. The summed E-state index contributed by atoms with van der Waals surface area (Å²) in [7, 11) is 0. The molecule has 2 heterocycles. The number of ether oxygens (including phenoxy) is 2. The van der Waals surface area contributed by atoms with Crippen molar-refractivity contribution >= 4 is 28.8 Å². The lowest BCUT2D eigenvalue weighted by atomic mass is 10.2. The molecule has 4 aromatic rings. The number of carbonyl (C=O) groups is 1. The lowest BCUT2D eigenvalue weighted by Gasteiger charge is -2.28. The highest BCUT2D eigenvalue weighted by Gasteiger charge is 2.12. The van der Waals surface area contributed by atoms with Crippen LogP contribution < -0.4 is 20.3 Å². The van der Waals surface area contributed by atoms with E-state index < -0.39 is 0 Å². The molecule has 0 unspecified atom stereocenters. The van der Waals surface area contributed by atoms with Gasteiger partial charge in [0.15, 0.2) is 5.82 Å². The van der Waals surface area contributed by atoms with Gasteiger partial charge in [0.05, 0.1) is 25.1 Å². The molecule has 0 spiro atoms. The Balaban J connectivity index is 1.17. The summed E-state index contributed by atoms with van der Waals surface area (Å²) in [5, 5.41) is 14.5. The molecule has 0 aliphatic carbocycles. The van der Waals surface area contributed by atoms with Crippen molar-refractivity contribution in [3.8, 4) is 11.5 Å². The summed E-state index contributed by atoms with van der Waals surface area (Å²) in [6.45, 7) is 3.10. The molecule has 1 aromatic heterocycles. The quantitative estimate of drug-likeness (QED) is 0.391. The third-order valence-corrected chi connectivity index (χ3v) is 5.53. The lowest BCUT2D eigenvalue weighted by Crippen LogP contribution is -2.36. The number of nitrogens with zero attached hydrogens (tertiary/aromatic N) is 3. The summed E-state index contributed by atoms with van der Waals surface area (Å²) in [4.78, 5) is 14.9. The van der Waals surface area contributed by atoms with Crippen LogP contribution in [0.15, 0.2) is 91.1 Å². The number of hydrogen-bond donors (Lipinski definition) is 2. The van der Waals surface area contributed by atoms with Crippen molar-refractivity contribution in [1.82, 2.24) is 10.2 Å². The molecule has 1 amide bonds.